The second-order valence-corrected chi connectivity index (χ2v) is 10.1. The molecule has 2 aliphatic rings. The number of amides is 1. The fraction of sp³-hybridized carbons (Fsp3) is 0.276. The van der Waals surface area contributed by atoms with Crippen LogP contribution >= 0.6 is 0 Å². The zero-order valence-corrected chi connectivity index (χ0v) is 22.2. The van der Waals surface area contributed by atoms with E-state index < -0.39 is 17.5 Å². The lowest BCUT2D eigenvalue weighted by atomic mass is 9.97. The van der Waals surface area contributed by atoms with Crippen LogP contribution in [0.25, 0.3) is 11.0 Å². The molecule has 0 radical (unpaired) electrons. The highest BCUT2D eigenvalue weighted by Gasteiger charge is 2.32. The summed E-state index contributed by atoms with van der Waals surface area (Å²) in [6, 6.07) is 15.2. The molecule has 2 aromatic carbocycles. The molecule has 0 bridgehead atoms. The molecule has 0 saturated carbocycles. The normalized spacial score (nSPS) is 18.2. The Kier molecular flexibility index (Phi) is 6.64. The van der Waals surface area contributed by atoms with Gasteiger partial charge in [0.05, 0.1) is 0 Å². The first kappa shape index (κ1) is 25.5. The van der Waals surface area contributed by atoms with Gasteiger partial charge in [-0.1, -0.05) is 12.1 Å². The second kappa shape index (κ2) is 10.4. The van der Waals surface area contributed by atoms with Gasteiger partial charge in [-0.2, -0.15) is 4.98 Å². The molecular weight excluding hydrogens is 510 g/mol. The smallest absolute Gasteiger partial charge is 0.265 e. The molecule has 2 atom stereocenters. The first-order chi connectivity index (χ1) is 19.4. The summed E-state index contributed by atoms with van der Waals surface area (Å²) < 4.78 is 7.30. The number of ether oxygens (including phenoxy) is 1. The first-order valence-electron chi connectivity index (χ1n) is 13.1. The Morgan fingerprint density at radius 2 is 1.90 bits per heavy atom. The van der Waals surface area contributed by atoms with Gasteiger partial charge in [0.15, 0.2) is 5.78 Å². The van der Waals surface area contributed by atoms with Crippen LogP contribution in [0.2, 0.25) is 0 Å². The molecule has 3 N–H and O–H groups in total. The molecule has 1 fully saturated rings. The SMILES string of the molecule is CN(C)C(=O)c1cc2cnc(Nc3ccc(OC4CCNC4)cc3)nc2n(C2CNc3ccccc3C2=O)c1=O. The Labute approximate surface area is 230 Å². The third-order valence-electron chi connectivity index (χ3n) is 7.13. The summed E-state index contributed by atoms with van der Waals surface area (Å²) in [5.74, 6) is 0.329. The number of fused-ring (bicyclic) bond motifs is 2. The number of hydrogen-bond donors (Lipinski definition) is 3. The van der Waals surface area contributed by atoms with Crippen molar-refractivity contribution in [2.24, 2.45) is 0 Å². The van der Waals surface area contributed by atoms with E-state index in [2.05, 4.69) is 25.9 Å². The standard InChI is InChI=1S/C29H29N7O4/c1-35(2)27(38)22-13-17-14-32-29(33-18-7-9-19(10-8-18)40-20-11-12-30-15-20)34-26(17)36(28(22)39)24-16-31-23-6-4-3-5-21(23)25(24)37/h3-10,13-14,20,24,30-31H,11-12,15-16H2,1-2H3,(H,32,33,34). The number of nitrogens with zero attached hydrogens (tertiary/aromatic N) is 4. The minimum absolute atomic E-state index is 0.0541. The Morgan fingerprint density at radius 1 is 1.10 bits per heavy atom. The number of rotatable bonds is 6. The van der Waals surface area contributed by atoms with Crippen molar-refractivity contribution in [2.75, 3.05) is 44.4 Å². The number of ketones is 1. The van der Waals surface area contributed by atoms with Gasteiger partial charge in [0, 0.05) is 55.7 Å². The number of pyridine rings is 1. The Hall–Kier alpha value is -4.77. The number of carbonyl (C=O) groups is 2. The molecule has 11 nitrogen and oxygen atoms in total. The largest absolute Gasteiger partial charge is 0.489 e. The Balaban J connectivity index is 1.38. The van der Waals surface area contributed by atoms with Crippen molar-refractivity contribution in [3.05, 3.63) is 82.3 Å². The third-order valence-corrected chi connectivity index (χ3v) is 7.13. The van der Waals surface area contributed by atoms with E-state index in [9.17, 15) is 14.4 Å². The van der Waals surface area contributed by atoms with E-state index in [4.69, 9.17) is 4.74 Å². The van der Waals surface area contributed by atoms with Crippen molar-refractivity contribution >= 4 is 40.0 Å². The van der Waals surface area contributed by atoms with Crippen molar-refractivity contribution in [3.63, 3.8) is 0 Å². The molecule has 204 valence electrons. The number of para-hydroxylation sites is 1. The lowest BCUT2D eigenvalue weighted by molar-refractivity contribution is 0.0822. The second-order valence-electron chi connectivity index (χ2n) is 10.1. The van der Waals surface area contributed by atoms with Gasteiger partial charge < -0.3 is 25.6 Å². The Morgan fingerprint density at radius 3 is 2.65 bits per heavy atom. The molecule has 4 heterocycles. The van der Waals surface area contributed by atoms with Crippen LogP contribution in [0, 0.1) is 0 Å². The molecule has 1 amide bonds. The van der Waals surface area contributed by atoms with Crippen molar-refractivity contribution in [2.45, 2.75) is 18.6 Å². The molecule has 2 aromatic heterocycles. The number of hydrogen-bond acceptors (Lipinski definition) is 9. The highest BCUT2D eigenvalue weighted by molar-refractivity contribution is 6.06. The quantitative estimate of drug-likeness (QED) is 0.339. The van der Waals surface area contributed by atoms with E-state index in [1.54, 1.807) is 32.4 Å². The van der Waals surface area contributed by atoms with E-state index in [1.165, 1.54) is 15.5 Å². The molecule has 40 heavy (non-hydrogen) atoms. The van der Waals surface area contributed by atoms with Gasteiger partial charge in [0.25, 0.3) is 11.5 Å². The lowest BCUT2D eigenvalue weighted by Crippen LogP contribution is -2.41. The zero-order chi connectivity index (χ0) is 27.8. The summed E-state index contributed by atoms with van der Waals surface area (Å²) in [5.41, 5.74) is 1.53. The maximum Gasteiger partial charge on any atom is 0.265 e. The zero-order valence-electron chi connectivity index (χ0n) is 22.2. The average Bonchev–Trinajstić information content (AvgIpc) is 3.47. The van der Waals surface area contributed by atoms with Crippen LogP contribution in [0.5, 0.6) is 5.75 Å². The van der Waals surface area contributed by atoms with Crippen LogP contribution in [0.15, 0.2) is 65.6 Å². The summed E-state index contributed by atoms with van der Waals surface area (Å²) in [4.78, 5) is 50.7. The van der Waals surface area contributed by atoms with Crippen LogP contribution in [0.3, 0.4) is 0 Å². The van der Waals surface area contributed by atoms with Crippen molar-refractivity contribution in [1.29, 1.82) is 0 Å². The fourth-order valence-corrected chi connectivity index (χ4v) is 5.07. The number of benzene rings is 2. The third kappa shape index (κ3) is 4.75. The number of anilines is 3. The average molecular weight is 540 g/mol. The van der Waals surface area contributed by atoms with E-state index in [0.717, 1.165) is 30.9 Å². The summed E-state index contributed by atoms with van der Waals surface area (Å²) >= 11 is 0. The molecule has 6 rings (SSSR count). The van der Waals surface area contributed by atoms with E-state index >= 15 is 0 Å². The molecule has 0 spiro atoms. The van der Waals surface area contributed by atoms with Gasteiger partial charge in [-0.05, 0) is 55.4 Å². The minimum atomic E-state index is -0.899. The highest BCUT2D eigenvalue weighted by Crippen LogP contribution is 2.29. The van der Waals surface area contributed by atoms with Crippen molar-refractivity contribution < 1.29 is 14.3 Å². The van der Waals surface area contributed by atoms with Crippen LogP contribution in [-0.2, 0) is 0 Å². The van der Waals surface area contributed by atoms with Gasteiger partial charge in [-0.15, -0.1) is 0 Å². The number of Topliss-reactive ketones (excluding diaryl/α,β-unsaturated/α-hetero) is 1. The van der Waals surface area contributed by atoms with Gasteiger partial charge in [-0.25, -0.2) is 4.98 Å². The van der Waals surface area contributed by atoms with Crippen LogP contribution in [0.1, 0.15) is 33.2 Å². The molecule has 0 aliphatic carbocycles. The lowest BCUT2D eigenvalue weighted by Gasteiger charge is -2.27. The molecular formula is C29H29N7O4. The van der Waals surface area contributed by atoms with Crippen molar-refractivity contribution in [1.82, 2.24) is 24.8 Å². The van der Waals surface area contributed by atoms with Gasteiger partial charge in [0.1, 0.15) is 29.1 Å². The minimum Gasteiger partial charge on any atom is -0.489 e. The predicted molar refractivity (Wildman–Crippen MR) is 152 cm³/mol. The maximum absolute atomic E-state index is 13.8. The number of carbonyl (C=O) groups excluding carboxylic acids is 2. The fourth-order valence-electron chi connectivity index (χ4n) is 5.07. The Bertz CT molecular complexity index is 1660. The number of nitrogens with one attached hydrogen (secondary N) is 3. The summed E-state index contributed by atoms with van der Waals surface area (Å²) in [5, 5.41) is 10.2. The molecule has 11 heteroatoms. The van der Waals surface area contributed by atoms with Crippen LogP contribution < -0.4 is 26.2 Å². The maximum atomic E-state index is 13.8. The molecule has 2 aliphatic heterocycles. The van der Waals surface area contributed by atoms with Gasteiger partial charge >= 0.3 is 0 Å². The van der Waals surface area contributed by atoms with E-state index in [1.807, 2.05) is 36.4 Å². The summed E-state index contributed by atoms with van der Waals surface area (Å²) in [6.07, 6.45) is 2.68. The first-order valence-corrected chi connectivity index (χ1v) is 13.1. The van der Waals surface area contributed by atoms with Crippen molar-refractivity contribution in [3.8, 4) is 5.75 Å². The van der Waals surface area contributed by atoms with Crippen LogP contribution in [-0.4, -0.2) is 71.0 Å². The van der Waals surface area contributed by atoms with Gasteiger partial charge in [0.2, 0.25) is 5.95 Å². The predicted octanol–water partition coefficient (Wildman–Crippen LogP) is 2.83. The summed E-state index contributed by atoms with van der Waals surface area (Å²) in [6.45, 7) is 1.96. The van der Waals surface area contributed by atoms with E-state index in [0.29, 0.717) is 16.6 Å². The monoisotopic (exact) mass is 539 g/mol. The van der Waals surface area contributed by atoms with Crippen LogP contribution in [0.4, 0.5) is 17.3 Å². The number of aromatic nitrogens is 3. The molecule has 1 saturated heterocycles. The molecule has 2 unspecified atom stereocenters. The molecule has 4 aromatic rings. The summed E-state index contributed by atoms with van der Waals surface area (Å²) in [7, 11) is 3.15. The highest BCUT2D eigenvalue weighted by atomic mass is 16.5. The van der Waals surface area contributed by atoms with E-state index in [-0.39, 0.29) is 35.6 Å². The topological polar surface area (TPSA) is 130 Å². The van der Waals surface area contributed by atoms with Gasteiger partial charge in [-0.3, -0.25) is 19.0 Å².